The van der Waals surface area contributed by atoms with Gasteiger partial charge < -0.3 is 9.67 Å². The first-order valence-electron chi connectivity index (χ1n) is 7.88. The minimum atomic E-state index is -0.971. The van der Waals surface area contributed by atoms with Crippen LogP contribution in [0.5, 0.6) is 0 Å². The van der Waals surface area contributed by atoms with Crippen molar-refractivity contribution in [2.45, 2.75) is 13.0 Å². The van der Waals surface area contributed by atoms with E-state index in [2.05, 4.69) is 10.1 Å². The van der Waals surface area contributed by atoms with E-state index in [-0.39, 0.29) is 24.3 Å². The quantitative estimate of drug-likeness (QED) is 0.609. The molecule has 0 radical (unpaired) electrons. The van der Waals surface area contributed by atoms with Gasteiger partial charge in [-0.25, -0.2) is 13.9 Å². The van der Waals surface area contributed by atoms with Crippen LogP contribution in [0.15, 0.2) is 53.7 Å². The summed E-state index contributed by atoms with van der Waals surface area (Å²) in [6.45, 7) is 0.0854. The van der Waals surface area contributed by atoms with E-state index < -0.39 is 5.97 Å². The Kier molecular flexibility index (Phi) is 3.72. The number of aryl methyl sites for hydroxylation is 1. The number of benzene rings is 1. The molecule has 0 aliphatic heterocycles. The molecule has 3 heterocycles. The number of rotatable bonds is 4. The fraction of sp³-hybridized carbons (Fsp3) is 0.111. The number of carboxylic acid groups (broad SMARTS) is 1. The first-order valence-corrected chi connectivity index (χ1v) is 7.88. The molecule has 3 aromatic heterocycles. The summed E-state index contributed by atoms with van der Waals surface area (Å²) in [5.74, 6) is -1.30. The second-order valence-corrected chi connectivity index (χ2v) is 5.82. The Balaban J connectivity index is 1.86. The second-order valence-electron chi connectivity index (χ2n) is 5.82. The van der Waals surface area contributed by atoms with E-state index in [1.54, 1.807) is 35.1 Å². The van der Waals surface area contributed by atoms with Crippen molar-refractivity contribution in [2.24, 2.45) is 0 Å². The molecule has 1 aromatic carbocycles. The van der Waals surface area contributed by atoms with Crippen LogP contribution >= 0.6 is 0 Å². The Morgan fingerprint density at radius 2 is 1.92 bits per heavy atom. The molecule has 0 saturated heterocycles. The minimum Gasteiger partial charge on any atom is -0.481 e. The maximum absolute atomic E-state index is 13.1. The molecule has 8 heteroatoms. The molecular formula is C18H13FN4O3. The molecule has 0 saturated carbocycles. The van der Waals surface area contributed by atoms with E-state index in [9.17, 15) is 14.0 Å². The molecule has 26 heavy (non-hydrogen) atoms. The number of hydrogen-bond acceptors (Lipinski definition) is 4. The van der Waals surface area contributed by atoms with E-state index in [1.807, 2.05) is 0 Å². The lowest BCUT2D eigenvalue weighted by Gasteiger charge is -2.07. The number of hydrogen-bond donors (Lipinski definition) is 1. The number of carboxylic acids is 1. The Hall–Kier alpha value is -3.55. The van der Waals surface area contributed by atoms with Crippen LogP contribution in [-0.4, -0.2) is 30.2 Å². The third-order valence-corrected chi connectivity index (χ3v) is 4.19. The highest BCUT2D eigenvalue weighted by atomic mass is 19.1. The van der Waals surface area contributed by atoms with Gasteiger partial charge in [-0.05, 0) is 23.8 Å². The zero-order chi connectivity index (χ0) is 18.3. The average molecular weight is 352 g/mol. The molecule has 0 fully saturated rings. The molecule has 0 amide bonds. The molecule has 0 unspecified atom stereocenters. The molecule has 130 valence electrons. The van der Waals surface area contributed by atoms with Gasteiger partial charge in [-0.15, -0.1) is 0 Å². The smallest absolute Gasteiger partial charge is 0.305 e. The number of aliphatic carboxylic acids is 1. The normalized spacial score (nSPS) is 11.3. The summed E-state index contributed by atoms with van der Waals surface area (Å²) in [5.41, 5.74) is 2.29. The zero-order valence-corrected chi connectivity index (χ0v) is 13.5. The molecule has 0 spiro atoms. The molecule has 7 nitrogen and oxygen atoms in total. The van der Waals surface area contributed by atoms with E-state index in [0.717, 1.165) is 11.1 Å². The first-order chi connectivity index (χ1) is 12.5. The predicted octanol–water partition coefficient (Wildman–Crippen LogP) is 2.33. The summed E-state index contributed by atoms with van der Waals surface area (Å²) < 4.78 is 16.0. The van der Waals surface area contributed by atoms with Gasteiger partial charge in [0, 0.05) is 24.5 Å². The van der Waals surface area contributed by atoms with Crippen LogP contribution in [0.3, 0.4) is 0 Å². The van der Waals surface area contributed by atoms with Crippen molar-refractivity contribution >= 4 is 22.5 Å². The van der Waals surface area contributed by atoms with Gasteiger partial charge in [0.15, 0.2) is 5.65 Å². The molecule has 1 N–H and O–H groups in total. The SMILES string of the molecule is O=C(O)CCn1ccc2c(cnc3c(-c4ccc(F)cc4)cnn32)c1=O. The fourth-order valence-electron chi connectivity index (χ4n) is 2.88. The third kappa shape index (κ3) is 2.61. The summed E-state index contributed by atoms with van der Waals surface area (Å²) in [6, 6.07) is 7.71. The Labute approximate surface area is 146 Å². The zero-order valence-electron chi connectivity index (χ0n) is 13.5. The standard InChI is InChI=1S/C18H13FN4O3/c19-12-3-1-11(2-4-12)13-10-21-23-15-5-7-22(8-6-16(24)25)18(26)14(15)9-20-17(13)23/h1-5,7,9-10H,6,8H2,(H,24,25). The van der Waals surface area contributed by atoms with Gasteiger partial charge in [0.1, 0.15) is 5.82 Å². The van der Waals surface area contributed by atoms with Crippen molar-refractivity contribution in [3.8, 4) is 11.1 Å². The predicted molar refractivity (Wildman–Crippen MR) is 92.4 cm³/mol. The minimum absolute atomic E-state index is 0.0854. The highest BCUT2D eigenvalue weighted by Crippen LogP contribution is 2.25. The molecule has 4 aromatic rings. The van der Waals surface area contributed by atoms with Crippen molar-refractivity contribution in [2.75, 3.05) is 0 Å². The van der Waals surface area contributed by atoms with Crippen LogP contribution in [0.4, 0.5) is 4.39 Å². The van der Waals surface area contributed by atoms with Crippen molar-refractivity contribution in [3.05, 3.63) is 65.1 Å². The number of aromatic nitrogens is 4. The molecule has 0 aliphatic rings. The first kappa shape index (κ1) is 15.9. The number of halogens is 1. The van der Waals surface area contributed by atoms with Crippen LogP contribution < -0.4 is 5.56 Å². The molecule has 0 bridgehead atoms. The van der Waals surface area contributed by atoms with Crippen molar-refractivity contribution < 1.29 is 14.3 Å². The van der Waals surface area contributed by atoms with Crippen LogP contribution in [0, 0.1) is 5.82 Å². The van der Waals surface area contributed by atoms with E-state index in [1.165, 1.54) is 22.9 Å². The van der Waals surface area contributed by atoms with E-state index in [4.69, 9.17) is 5.11 Å². The Morgan fingerprint density at radius 1 is 1.15 bits per heavy atom. The van der Waals surface area contributed by atoms with Gasteiger partial charge in [0.25, 0.3) is 5.56 Å². The Bertz CT molecular complexity index is 1190. The number of carbonyl (C=O) groups is 1. The molecular weight excluding hydrogens is 339 g/mol. The van der Waals surface area contributed by atoms with E-state index in [0.29, 0.717) is 16.6 Å². The summed E-state index contributed by atoms with van der Waals surface area (Å²) in [4.78, 5) is 27.6. The lowest BCUT2D eigenvalue weighted by Crippen LogP contribution is -2.21. The van der Waals surface area contributed by atoms with Crippen molar-refractivity contribution in [1.82, 2.24) is 19.2 Å². The van der Waals surface area contributed by atoms with Crippen LogP contribution in [0.25, 0.3) is 27.7 Å². The number of fused-ring (bicyclic) bond motifs is 3. The second kappa shape index (κ2) is 6.07. The maximum Gasteiger partial charge on any atom is 0.305 e. The lowest BCUT2D eigenvalue weighted by molar-refractivity contribution is -0.137. The topological polar surface area (TPSA) is 89.5 Å². The van der Waals surface area contributed by atoms with Gasteiger partial charge in [-0.2, -0.15) is 5.10 Å². The van der Waals surface area contributed by atoms with E-state index >= 15 is 0 Å². The number of nitrogens with zero attached hydrogens (tertiary/aromatic N) is 4. The molecule has 0 atom stereocenters. The van der Waals surface area contributed by atoms with Crippen molar-refractivity contribution in [3.63, 3.8) is 0 Å². The van der Waals surface area contributed by atoms with Gasteiger partial charge in [-0.3, -0.25) is 9.59 Å². The van der Waals surface area contributed by atoms with Gasteiger partial charge in [-0.1, -0.05) is 12.1 Å². The van der Waals surface area contributed by atoms with Gasteiger partial charge in [0.2, 0.25) is 0 Å². The Morgan fingerprint density at radius 3 is 2.65 bits per heavy atom. The fourth-order valence-corrected chi connectivity index (χ4v) is 2.88. The summed E-state index contributed by atoms with van der Waals surface area (Å²) in [6.07, 6.45) is 4.48. The summed E-state index contributed by atoms with van der Waals surface area (Å²) >= 11 is 0. The van der Waals surface area contributed by atoms with Gasteiger partial charge >= 0.3 is 5.97 Å². The highest BCUT2D eigenvalue weighted by Gasteiger charge is 2.13. The largest absolute Gasteiger partial charge is 0.481 e. The monoisotopic (exact) mass is 352 g/mol. The third-order valence-electron chi connectivity index (χ3n) is 4.19. The van der Waals surface area contributed by atoms with Crippen LogP contribution in [0.2, 0.25) is 0 Å². The summed E-state index contributed by atoms with van der Waals surface area (Å²) in [5, 5.41) is 13.4. The van der Waals surface area contributed by atoms with Crippen molar-refractivity contribution in [1.29, 1.82) is 0 Å². The molecule has 4 rings (SSSR count). The number of pyridine rings is 1. The maximum atomic E-state index is 13.1. The van der Waals surface area contributed by atoms with Gasteiger partial charge in [0.05, 0.1) is 23.5 Å². The summed E-state index contributed by atoms with van der Waals surface area (Å²) in [7, 11) is 0. The molecule has 0 aliphatic carbocycles. The lowest BCUT2D eigenvalue weighted by atomic mass is 10.1. The van der Waals surface area contributed by atoms with Crippen LogP contribution in [-0.2, 0) is 11.3 Å². The van der Waals surface area contributed by atoms with Crippen LogP contribution in [0.1, 0.15) is 6.42 Å². The highest BCUT2D eigenvalue weighted by molar-refractivity contribution is 5.85. The average Bonchev–Trinajstić information content (AvgIpc) is 3.06.